The Kier molecular flexibility index (Phi) is 6.70. The normalized spacial score (nSPS) is 17.0. The maximum atomic E-state index is 4.74. The van der Waals surface area contributed by atoms with E-state index >= 15 is 0 Å². The number of nitrogens with zero attached hydrogens (tertiary/aromatic N) is 7. The second kappa shape index (κ2) is 9.20. The van der Waals surface area contributed by atoms with Crippen LogP contribution in [-0.4, -0.2) is 60.1 Å². The number of hydrogen-bond donors (Lipinski definition) is 2. The summed E-state index contributed by atoms with van der Waals surface area (Å²) in [5.74, 6) is 5.62. The Hall–Kier alpha value is -2.10. The zero-order chi connectivity index (χ0) is 19.2. The zero-order valence-corrected chi connectivity index (χ0v) is 17.4. The Balaban J connectivity index is 1.64. The van der Waals surface area contributed by atoms with Gasteiger partial charge in [0.2, 0.25) is 0 Å². The van der Waals surface area contributed by atoms with Crippen molar-refractivity contribution in [1.82, 2.24) is 40.2 Å². The molecule has 3 rings (SSSR count). The predicted molar refractivity (Wildman–Crippen MR) is 108 cm³/mol. The number of nitrogens with one attached hydrogen (secondary N) is 2. The molecule has 3 heterocycles. The molecule has 10 heteroatoms. The number of hydrogen-bond acceptors (Lipinski definition) is 6. The fraction of sp³-hybridized carbons (Fsp3) is 0.706. The van der Waals surface area contributed by atoms with Crippen LogP contribution in [0.4, 0.5) is 0 Å². The van der Waals surface area contributed by atoms with Crippen LogP contribution in [0.25, 0.3) is 0 Å². The van der Waals surface area contributed by atoms with Crippen LogP contribution in [0.15, 0.2) is 4.99 Å². The summed E-state index contributed by atoms with van der Waals surface area (Å²) < 4.78 is 3.98. The molecule has 0 fully saturated rings. The SMILES string of the molecule is CSCCCNC(=NCc1nnc(C)n1C)NC1CCc2nc(C)nn2C1. The summed E-state index contributed by atoms with van der Waals surface area (Å²) >= 11 is 1.86. The highest BCUT2D eigenvalue weighted by atomic mass is 32.2. The van der Waals surface area contributed by atoms with E-state index in [9.17, 15) is 0 Å². The maximum Gasteiger partial charge on any atom is 0.191 e. The van der Waals surface area contributed by atoms with Gasteiger partial charge in [0.25, 0.3) is 0 Å². The summed E-state index contributed by atoms with van der Waals surface area (Å²) in [4.78, 5) is 9.22. The smallest absolute Gasteiger partial charge is 0.191 e. The Morgan fingerprint density at radius 1 is 1.33 bits per heavy atom. The van der Waals surface area contributed by atoms with Gasteiger partial charge in [-0.3, -0.25) is 0 Å². The highest BCUT2D eigenvalue weighted by Crippen LogP contribution is 2.13. The van der Waals surface area contributed by atoms with Gasteiger partial charge in [-0.2, -0.15) is 16.9 Å². The van der Waals surface area contributed by atoms with Crippen molar-refractivity contribution in [2.75, 3.05) is 18.6 Å². The minimum Gasteiger partial charge on any atom is -0.356 e. The number of guanidine groups is 1. The third kappa shape index (κ3) is 5.21. The molecule has 0 aromatic carbocycles. The van der Waals surface area contributed by atoms with Crippen molar-refractivity contribution in [3.8, 4) is 0 Å². The lowest BCUT2D eigenvalue weighted by molar-refractivity contribution is 0.392. The van der Waals surface area contributed by atoms with Gasteiger partial charge >= 0.3 is 0 Å². The summed E-state index contributed by atoms with van der Waals surface area (Å²) in [5.41, 5.74) is 0. The largest absolute Gasteiger partial charge is 0.356 e. The molecular formula is C17H29N9S. The monoisotopic (exact) mass is 391 g/mol. The molecule has 1 aliphatic heterocycles. The van der Waals surface area contributed by atoms with Crippen LogP contribution in [0.5, 0.6) is 0 Å². The van der Waals surface area contributed by atoms with E-state index in [0.29, 0.717) is 6.54 Å². The van der Waals surface area contributed by atoms with E-state index < -0.39 is 0 Å². The second-order valence-electron chi connectivity index (χ2n) is 6.80. The standard InChI is InChI=1S/C17H29N9S/c1-12-20-15-7-6-14(11-26(15)24-12)21-17(18-8-5-9-27-4)19-10-16-23-22-13(2)25(16)3/h14H,5-11H2,1-4H3,(H2,18,19,21). The molecule has 0 amide bonds. The summed E-state index contributed by atoms with van der Waals surface area (Å²) in [7, 11) is 1.97. The Morgan fingerprint density at radius 3 is 2.93 bits per heavy atom. The first-order valence-electron chi connectivity index (χ1n) is 9.35. The third-order valence-corrected chi connectivity index (χ3v) is 5.38. The van der Waals surface area contributed by atoms with Gasteiger partial charge in [0.1, 0.15) is 24.0 Å². The van der Waals surface area contributed by atoms with Crippen molar-refractivity contribution in [3.05, 3.63) is 23.3 Å². The van der Waals surface area contributed by atoms with Crippen molar-refractivity contribution in [2.45, 2.75) is 52.2 Å². The first kappa shape index (κ1) is 19.7. The van der Waals surface area contributed by atoms with Crippen molar-refractivity contribution in [1.29, 1.82) is 0 Å². The van der Waals surface area contributed by atoms with Crippen molar-refractivity contribution >= 4 is 17.7 Å². The lowest BCUT2D eigenvalue weighted by Gasteiger charge is -2.25. The molecular weight excluding hydrogens is 362 g/mol. The fourth-order valence-corrected chi connectivity index (χ4v) is 3.49. The van der Waals surface area contributed by atoms with Crippen LogP contribution in [0, 0.1) is 13.8 Å². The van der Waals surface area contributed by atoms with Gasteiger partial charge in [-0.15, -0.1) is 10.2 Å². The first-order chi connectivity index (χ1) is 13.1. The number of thioether (sulfide) groups is 1. The molecule has 9 nitrogen and oxygen atoms in total. The van der Waals surface area contributed by atoms with E-state index in [2.05, 4.69) is 37.2 Å². The molecule has 27 heavy (non-hydrogen) atoms. The van der Waals surface area contributed by atoms with E-state index in [1.165, 1.54) is 0 Å². The summed E-state index contributed by atoms with van der Waals surface area (Å²) in [6.07, 6.45) is 5.18. The molecule has 0 saturated carbocycles. The summed E-state index contributed by atoms with van der Waals surface area (Å²) in [6, 6.07) is 0.284. The average molecular weight is 392 g/mol. The minimum atomic E-state index is 0.284. The molecule has 1 aliphatic rings. The van der Waals surface area contributed by atoms with Crippen LogP contribution in [-0.2, 0) is 26.6 Å². The van der Waals surface area contributed by atoms with Crippen LogP contribution in [0.3, 0.4) is 0 Å². The molecule has 0 aliphatic carbocycles. The molecule has 2 N–H and O–H groups in total. The number of rotatable bonds is 7. The maximum absolute atomic E-state index is 4.74. The van der Waals surface area contributed by atoms with E-state index in [-0.39, 0.29) is 6.04 Å². The average Bonchev–Trinajstić information content (AvgIpc) is 3.18. The van der Waals surface area contributed by atoms with E-state index in [1.54, 1.807) is 0 Å². The Morgan fingerprint density at radius 2 is 2.19 bits per heavy atom. The van der Waals surface area contributed by atoms with E-state index in [4.69, 9.17) is 4.99 Å². The molecule has 1 atom stereocenters. The Bertz CT molecular complexity index is 779. The molecule has 0 spiro atoms. The summed E-state index contributed by atoms with van der Waals surface area (Å²) in [5, 5.41) is 19.8. The van der Waals surface area contributed by atoms with Crippen LogP contribution in [0.1, 0.15) is 36.1 Å². The van der Waals surface area contributed by atoms with E-state index in [1.807, 2.05) is 41.9 Å². The van der Waals surface area contributed by atoms with Crippen molar-refractivity contribution in [3.63, 3.8) is 0 Å². The van der Waals surface area contributed by atoms with Gasteiger partial charge < -0.3 is 15.2 Å². The van der Waals surface area contributed by atoms with Crippen LogP contribution < -0.4 is 10.6 Å². The molecule has 0 saturated heterocycles. The quantitative estimate of drug-likeness (QED) is 0.410. The topological polar surface area (TPSA) is 97.8 Å². The number of aromatic nitrogens is 6. The highest BCUT2D eigenvalue weighted by Gasteiger charge is 2.21. The molecule has 2 aromatic rings. The molecule has 0 radical (unpaired) electrons. The minimum absolute atomic E-state index is 0.284. The van der Waals surface area contributed by atoms with Crippen molar-refractivity contribution in [2.24, 2.45) is 12.0 Å². The number of fused-ring (bicyclic) bond motifs is 1. The zero-order valence-electron chi connectivity index (χ0n) is 16.6. The third-order valence-electron chi connectivity index (χ3n) is 4.68. The summed E-state index contributed by atoms with van der Waals surface area (Å²) in [6.45, 7) is 6.09. The lowest BCUT2D eigenvalue weighted by Crippen LogP contribution is -2.47. The Labute approximate surface area is 164 Å². The lowest BCUT2D eigenvalue weighted by atomic mass is 10.1. The predicted octanol–water partition coefficient (Wildman–Crippen LogP) is 0.827. The molecule has 148 valence electrons. The second-order valence-corrected chi connectivity index (χ2v) is 7.78. The molecule has 2 aromatic heterocycles. The van der Waals surface area contributed by atoms with Crippen LogP contribution in [0.2, 0.25) is 0 Å². The molecule has 1 unspecified atom stereocenters. The van der Waals surface area contributed by atoms with E-state index in [0.717, 1.165) is 67.4 Å². The van der Waals surface area contributed by atoms with Gasteiger partial charge in [0.05, 0.1) is 6.54 Å². The first-order valence-corrected chi connectivity index (χ1v) is 10.7. The highest BCUT2D eigenvalue weighted by molar-refractivity contribution is 7.98. The van der Waals surface area contributed by atoms with Crippen LogP contribution >= 0.6 is 11.8 Å². The number of aliphatic imine (C=N–C) groups is 1. The van der Waals surface area contributed by atoms with Gasteiger partial charge in [-0.1, -0.05) is 0 Å². The van der Waals surface area contributed by atoms with Gasteiger partial charge in [-0.25, -0.2) is 14.7 Å². The van der Waals surface area contributed by atoms with Gasteiger partial charge in [-0.05, 0) is 38.7 Å². The molecule has 0 bridgehead atoms. The number of aryl methyl sites for hydroxylation is 3. The van der Waals surface area contributed by atoms with Gasteiger partial charge in [0, 0.05) is 26.1 Å². The van der Waals surface area contributed by atoms with Crippen molar-refractivity contribution < 1.29 is 0 Å². The fourth-order valence-electron chi connectivity index (χ4n) is 3.06. The van der Waals surface area contributed by atoms with Gasteiger partial charge in [0.15, 0.2) is 11.8 Å².